The lowest BCUT2D eigenvalue weighted by molar-refractivity contribution is 0.0528. The second kappa shape index (κ2) is 10.1. The third kappa shape index (κ3) is 7.13. The van der Waals surface area contributed by atoms with Crippen LogP contribution in [0, 0.1) is 0 Å². The predicted molar refractivity (Wildman–Crippen MR) is 122 cm³/mol. The second-order valence-electron chi connectivity index (χ2n) is 8.31. The highest BCUT2D eigenvalue weighted by atomic mass is 16.6. The number of nitrogens with one attached hydrogen (secondary N) is 2. The monoisotopic (exact) mass is 428 g/mol. The first kappa shape index (κ1) is 23.9. The minimum Gasteiger partial charge on any atom is -0.444 e. The number of primary amides is 1. The SMILES string of the molecule is CCc1nc(C(N)=O)c(Nc2cccc(CCNC(=O)OC(C)(C)C)c2)nc1N(C)C. The van der Waals surface area contributed by atoms with Crippen molar-refractivity contribution in [2.75, 3.05) is 30.9 Å². The van der Waals surface area contributed by atoms with Gasteiger partial charge in [-0.05, 0) is 51.3 Å². The molecule has 0 fully saturated rings. The summed E-state index contributed by atoms with van der Waals surface area (Å²) >= 11 is 0. The number of nitrogens with two attached hydrogens (primary N) is 1. The van der Waals surface area contributed by atoms with Crippen LogP contribution in [0.3, 0.4) is 0 Å². The van der Waals surface area contributed by atoms with E-state index in [2.05, 4.69) is 20.6 Å². The van der Waals surface area contributed by atoms with Gasteiger partial charge in [0.15, 0.2) is 17.3 Å². The maximum absolute atomic E-state index is 11.9. The summed E-state index contributed by atoms with van der Waals surface area (Å²) in [5.41, 5.74) is 7.53. The molecule has 0 radical (unpaired) electrons. The Kier molecular flexibility index (Phi) is 7.79. The van der Waals surface area contributed by atoms with E-state index < -0.39 is 17.6 Å². The largest absolute Gasteiger partial charge is 0.444 e. The molecule has 168 valence electrons. The van der Waals surface area contributed by atoms with Crippen LogP contribution < -0.4 is 21.3 Å². The van der Waals surface area contributed by atoms with Gasteiger partial charge in [0, 0.05) is 26.3 Å². The van der Waals surface area contributed by atoms with Crippen LogP contribution in [0.1, 0.15) is 49.4 Å². The normalized spacial score (nSPS) is 11.0. The van der Waals surface area contributed by atoms with Crippen molar-refractivity contribution < 1.29 is 14.3 Å². The molecule has 9 nitrogen and oxygen atoms in total. The number of carbonyl (C=O) groups is 2. The van der Waals surface area contributed by atoms with Crippen LogP contribution in [0.5, 0.6) is 0 Å². The first-order chi connectivity index (χ1) is 14.5. The molecule has 0 aliphatic carbocycles. The zero-order valence-electron chi connectivity index (χ0n) is 19.1. The number of alkyl carbamates (subject to hydrolysis) is 1. The number of ether oxygens (including phenoxy) is 1. The number of hydrogen-bond donors (Lipinski definition) is 3. The molecule has 4 N–H and O–H groups in total. The molecule has 1 aromatic carbocycles. The van der Waals surface area contributed by atoms with Gasteiger partial charge in [-0.2, -0.15) is 0 Å². The molecule has 2 aromatic rings. The zero-order chi connectivity index (χ0) is 23.2. The fraction of sp³-hybridized carbons (Fsp3) is 0.455. The van der Waals surface area contributed by atoms with Crippen LogP contribution in [0.2, 0.25) is 0 Å². The number of hydrogen-bond acceptors (Lipinski definition) is 7. The first-order valence-corrected chi connectivity index (χ1v) is 10.2. The smallest absolute Gasteiger partial charge is 0.407 e. The number of nitrogens with zero attached hydrogens (tertiary/aromatic N) is 3. The third-order valence-electron chi connectivity index (χ3n) is 4.21. The van der Waals surface area contributed by atoms with Gasteiger partial charge in [0.05, 0.1) is 5.69 Å². The average Bonchev–Trinajstić information content (AvgIpc) is 2.66. The van der Waals surface area contributed by atoms with Crippen molar-refractivity contribution in [1.82, 2.24) is 15.3 Å². The summed E-state index contributed by atoms with van der Waals surface area (Å²) in [5.74, 6) is 0.331. The van der Waals surface area contributed by atoms with E-state index >= 15 is 0 Å². The summed E-state index contributed by atoms with van der Waals surface area (Å²) < 4.78 is 5.24. The van der Waals surface area contributed by atoms with Crippen molar-refractivity contribution in [2.45, 2.75) is 46.1 Å². The van der Waals surface area contributed by atoms with Gasteiger partial charge >= 0.3 is 6.09 Å². The number of benzene rings is 1. The lowest BCUT2D eigenvalue weighted by atomic mass is 10.1. The van der Waals surface area contributed by atoms with Crippen LogP contribution in [-0.2, 0) is 17.6 Å². The molecule has 9 heteroatoms. The number of amides is 2. The maximum atomic E-state index is 11.9. The van der Waals surface area contributed by atoms with Crippen LogP contribution in [-0.4, -0.2) is 48.2 Å². The van der Waals surface area contributed by atoms with Crippen LogP contribution in [0.25, 0.3) is 0 Å². The quantitative estimate of drug-likeness (QED) is 0.591. The molecule has 31 heavy (non-hydrogen) atoms. The Hall–Kier alpha value is -3.36. The van der Waals surface area contributed by atoms with Gasteiger partial charge in [-0.25, -0.2) is 14.8 Å². The third-order valence-corrected chi connectivity index (χ3v) is 4.21. The molecule has 1 heterocycles. The van der Waals surface area contributed by atoms with Crippen LogP contribution >= 0.6 is 0 Å². The number of rotatable bonds is 8. The zero-order valence-corrected chi connectivity index (χ0v) is 19.1. The Bertz CT molecular complexity index is 937. The van der Waals surface area contributed by atoms with Gasteiger partial charge in [-0.1, -0.05) is 19.1 Å². The number of carbonyl (C=O) groups excluding carboxylic acids is 2. The second-order valence-corrected chi connectivity index (χ2v) is 8.31. The van der Waals surface area contributed by atoms with Gasteiger partial charge < -0.3 is 26.0 Å². The average molecular weight is 429 g/mol. The lowest BCUT2D eigenvalue weighted by Crippen LogP contribution is -2.33. The van der Waals surface area contributed by atoms with Crippen molar-refractivity contribution in [3.05, 3.63) is 41.2 Å². The lowest BCUT2D eigenvalue weighted by Gasteiger charge is -2.19. The fourth-order valence-corrected chi connectivity index (χ4v) is 2.88. The fourth-order valence-electron chi connectivity index (χ4n) is 2.88. The molecule has 0 aliphatic rings. The highest BCUT2D eigenvalue weighted by Gasteiger charge is 2.18. The minimum absolute atomic E-state index is 0.0967. The van der Waals surface area contributed by atoms with E-state index in [-0.39, 0.29) is 5.69 Å². The van der Waals surface area contributed by atoms with Crippen LogP contribution in [0.4, 0.5) is 22.1 Å². The molecule has 2 amide bonds. The summed E-state index contributed by atoms with van der Waals surface area (Å²) in [7, 11) is 3.74. The predicted octanol–water partition coefficient (Wildman–Crippen LogP) is 3.01. The van der Waals surface area contributed by atoms with E-state index in [1.54, 1.807) is 0 Å². The van der Waals surface area contributed by atoms with Crippen molar-refractivity contribution in [3.63, 3.8) is 0 Å². The standard InChI is InChI=1S/C22H32N6O3/c1-7-16-20(28(5)6)27-19(17(26-16)18(23)29)25-15-10-8-9-14(13-15)11-12-24-21(30)31-22(2,3)4/h8-10,13H,7,11-12H2,1-6H3,(H2,23,29)(H,24,30)(H,25,27). The topological polar surface area (TPSA) is 122 Å². The minimum atomic E-state index is -0.646. The Labute approximate surface area is 183 Å². The van der Waals surface area contributed by atoms with E-state index in [1.165, 1.54) is 0 Å². The summed E-state index contributed by atoms with van der Waals surface area (Å²) in [4.78, 5) is 34.6. The molecule has 2 rings (SSSR count). The summed E-state index contributed by atoms with van der Waals surface area (Å²) in [5, 5.41) is 5.90. The Balaban J connectivity index is 2.16. The maximum Gasteiger partial charge on any atom is 0.407 e. The number of anilines is 3. The molecule has 0 unspecified atom stereocenters. The molecule has 0 aliphatic heterocycles. The van der Waals surface area contributed by atoms with Crippen LogP contribution in [0.15, 0.2) is 24.3 Å². The van der Waals surface area contributed by atoms with Crippen molar-refractivity contribution in [3.8, 4) is 0 Å². The summed E-state index contributed by atoms with van der Waals surface area (Å²) in [6.07, 6.45) is 0.789. The van der Waals surface area contributed by atoms with E-state index in [0.29, 0.717) is 36.7 Å². The number of aromatic nitrogens is 2. The molecule has 0 spiro atoms. The molecule has 0 bridgehead atoms. The van der Waals surface area contributed by atoms with E-state index in [1.807, 2.05) is 71.0 Å². The molecule has 0 saturated carbocycles. The summed E-state index contributed by atoms with van der Waals surface area (Å²) in [6, 6.07) is 7.62. The highest BCUT2D eigenvalue weighted by molar-refractivity contribution is 5.96. The Morgan fingerprint density at radius 3 is 2.48 bits per heavy atom. The van der Waals surface area contributed by atoms with Gasteiger partial charge in [0.1, 0.15) is 5.60 Å². The van der Waals surface area contributed by atoms with E-state index in [0.717, 1.165) is 11.3 Å². The van der Waals surface area contributed by atoms with E-state index in [9.17, 15) is 9.59 Å². The first-order valence-electron chi connectivity index (χ1n) is 10.2. The van der Waals surface area contributed by atoms with E-state index in [4.69, 9.17) is 10.5 Å². The Morgan fingerprint density at radius 1 is 1.19 bits per heavy atom. The van der Waals surface area contributed by atoms with Crippen molar-refractivity contribution in [2.24, 2.45) is 5.73 Å². The van der Waals surface area contributed by atoms with Gasteiger partial charge in [-0.15, -0.1) is 0 Å². The van der Waals surface area contributed by atoms with Gasteiger partial charge in [0.2, 0.25) is 0 Å². The summed E-state index contributed by atoms with van der Waals surface area (Å²) in [6.45, 7) is 7.84. The Morgan fingerprint density at radius 2 is 1.90 bits per heavy atom. The van der Waals surface area contributed by atoms with Gasteiger partial charge in [0.25, 0.3) is 5.91 Å². The van der Waals surface area contributed by atoms with Crippen molar-refractivity contribution >= 4 is 29.3 Å². The highest BCUT2D eigenvalue weighted by Crippen LogP contribution is 2.24. The van der Waals surface area contributed by atoms with Crippen molar-refractivity contribution in [1.29, 1.82) is 0 Å². The molecule has 0 saturated heterocycles. The molecule has 1 aromatic heterocycles. The molecular formula is C22H32N6O3. The molecular weight excluding hydrogens is 396 g/mol. The van der Waals surface area contributed by atoms with Gasteiger partial charge in [-0.3, -0.25) is 4.79 Å². The molecule has 0 atom stereocenters. The number of aryl methyl sites for hydroxylation is 1.